The Balaban J connectivity index is 2.28. The molecule has 4 N–H and O–H groups in total. The fraction of sp³-hybridized carbons (Fsp3) is 0.182. The van der Waals surface area contributed by atoms with E-state index in [9.17, 15) is 18.5 Å². The molecule has 1 aromatic carbocycles. The highest BCUT2D eigenvalue weighted by atomic mass is 32.2. The first kappa shape index (κ1) is 14.9. The van der Waals surface area contributed by atoms with Crippen molar-refractivity contribution in [2.75, 3.05) is 5.73 Å². The molecule has 1 heterocycles. The van der Waals surface area contributed by atoms with Gasteiger partial charge >= 0.3 is 0 Å². The highest BCUT2D eigenvalue weighted by Gasteiger charge is 2.21. The van der Waals surface area contributed by atoms with Gasteiger partial charge in [-0.05, 0) is 19.1 Å². The van der Waals surface area contributed by atoms with E-state index in [1.54, 1.807) is 13.1 Å². The van der Waals surface area contributed by atoms with E-state index in [4.69, 9.17) is 5.73 Å². The molecule has 0 amide bonds. The number of nitrogens with zero attached hydrogens (tertiary/aromatic N) is 2. The number of nitrogens with two attached hydrogens (primary N) is 1. The summed E-state index contributed by atoms with van der Waals surface area (Å²) in [4.78, 5) is 9.85. The fourth-order valence-corrected chi connectivity index (χ4v) is 3.00. The zero-order valence-electron chi connectivity index (χ0n) is 11.0. The number of benzene rings is 1. The Kier molecular flexibility index (Phi) is 3.91. The third-order valence-corrected chi connectivity index (χ3v) is 4.40. The molecule has 0 bridgehead atoms. The van der Waals surface area contributed by atoms with Gasteiger partial charge in [-0.15, -0.1) is 0 Å². The zero-order chi connectivity index (χ0) is 15.6. The van der Waals surface area contributed by atoms with Gasteiger partial charge in [0.15, 0.2) is 0 Å². The minimum absolute atomic E-state index is 0.138. The van der Waals surface area contributed by atoms with Gasteiger partial charge in [0.25, 0.3) is 5.69 Å². The summed E-state index contributed by atoms with van der Waals surface area (Å²) in [5.41, 5.74) is 5.61. The summed E-state index contributed by atoms with van der Waals surface area (Å²) >= 11 is 0. The van der Waals surface area contributed by atoms with Gasteiger partial charge < -0.3 is 5.73 Å². The van der Waals surface area contributed by atoms with E-state index >= 15 is 0 Å². The van der Waals surface area contributed by atoms with Crippen LogP contribution in [0.5, 0.6) is 0 Å². The molecule has 0 fully saturated rings. The monoisotopic (exact) mass is 311 g/mol. The van der Waals surface area contributed by atoms with Gasteiger partial charge in [0.2, 0.25) is 10.0 Å². The smallest absolute Gasteiger partial charge is 0.292 e. The topological polar surface area (TPSA) is 144 Å². The number of nitrogens with one attached hydrogen (secondary N) is 2. The summed E-state index contributed by atoms with van der Waals surface area (Å²) in [6, 6.07) is 2.75. The predicted octanol–water partition coefficient (Wildman–Crippen LogP) is 0.940. The summed E-state index contributed by atoms with van der Waals surface area (Å²) in [5, 5.41) is 17.0. The third-order valence-electron chi connectivity index (χ3n) is 2.86. The van der Waals surface area contributed by atoms with Crippen molar-refractivity contribution in [2.24, 2.45) is 0 Å². The number of sulfonamides is 1. The lowest BCUT2D eigenvalue weighted by Crippen LogP contribution is -2.26. The molecule has 2 rings (SSSR count). The molecule has 0 saturated heterocycles. The second kappa shape index (κ2) is 5.50. The number of nitro groups is 1. The van der Waals surface area contributed by atoms with E-state index in [1.165, 1.54) is 6.20 Å². The lowest BCUT2D eigenvalue weighted by molar-refractivity contribution is -0.383. The highest BCUT2D eigenvalue weighted by Crippen LogP contribution is 2.25. The van der Waals surface area contributed by atoms with Crippen molar-refractivity contribution in [1.29, 1.82) is 0 Å². The molecule has 0 aliphatic rings. The SMILES string of the molecule is CC(NS(=O)(=O)c1ccc([N+](=O)[O-])c(N)c1)c1cn[nH]c1. The number of nitrogen functional groups attached to an aromatic ring is 1. The molecule has 0 spiro atoms. The third kappa shape index (κ3) is 3.17. The lowest BCUT2D eigenvalue weighted by atomic mass is 10.2. The first-order valence-electron chi connectivity index (χ1n) is 5.86. The van der Waals surface area contributed by atoms with Crippen molar-refractivity contribution >= 4 is 21.4 Å². The van der Waals surface area contributed by atoms with E-state index < -0.39 is 21.0 Å². The van der Waals surface area contributed by atoms with Gasteiger partial charge in [0.05, 0.1) is 16.0 Å². The Morgan fingerprint density at radius 1 is 1.48 bits per heavy atom. The fourth-order valence-electron chi connectivity index (χ4n) is 1.73. The van der Waals surface area contributed by atoms with Crippen molar-refractivity contribution in [3.63, 3.8) is 0 Å². The molecule has 0 aliphatic heterocycles. The van der Waals surface area contributed by atoms with Gasteiger partial charge in [-0.1, -0.05) is 0 Å². The van der Waals surface area contributed by atoms with Crippen LogP contribution in [0, 0.1) is 10.1 Å². The first-order chi connectivity index (χ1) is 9.81. The molecule has 2 aromatic rings. The number of hydrogen-bond donors (Lipinski definition) is 3. The number of H-pyrrole nitrogens is 1. The molecule has 0 radical (unpaired) electrons. The Labute approximate surface area is 120 Å². The second-order valence-corrected chi connectivity index (χ2v) is 6.07. The van der Waals surface area contributed by atoms with Crippen LogP contribution in [0.3, 0.4) is 0 Å². The first-order valence-corrected chi connectivity index (χ1v) is 7.34. The zero-order valence-corrected chi connectivity index (χ0v) is 11.8. The Morgan fingerprint density at radius 3 is 2.71 bits per heavy atom. The van der Waals surface area contributed by atoms with Crippen LogP contribution >= 0.6 is 0 Å². The van der Waals surface area contributed by atoms with Gasteiger partial charge in [-0.25, -0.2) is 13.1 Å². The van der Waals surface area contributed by atoms with Crippen LogP contribution in [0.1, 0.15) is 18.5 Å². The Morgan fingerprint density at radius 2 is 2.19 bits per heavy atom. The number of hydrogen-bond acceptors (Lipinski definition) is 6. The van der Waals surface area contributed by atoms with Crippen LogP contribution in [-0.2, 0) is 10.0 Å². The minimum Gasteiger partial charge on any atom is -0.393 e. The van der Waals surface area contributed by atoms with Crippen molar-refractivity contribution < 1.29 is 13.3 Å². The molecular formula is C11H13N5O4S. The molecule has 10 heteroatoms. The molecule has 112 valence electrons. The van der Waals surface area contributed by atoms with Crippen LogP contribution in [0.4, 0.5) is 11.4 Å². The van der Waals surface area contributed by atoms with Crippen molar-refractivity contribution in [3.05, 3.63) is 46.3 Å². The summed E-state index contributed by atoms with van der Waals surface area (Å²) in [7, 11) is -3.84. The largest absolute Gasteiger partial charge is 0.393 e. The summed E-state index contributed by atoms with van der Waals surface area (Å²) in [6.07, 6.45) is 3.06. The average Bonchev–Trinajstić information content (AvgIpc) is 2.91. The summed E-state index contributed by atoms with van der Waals surface area (Å²) in [6.45, 7) is 1.65. The normalized spacial score (nSPS) is 13.0. The van der Waals surface area contributed by atoms with Crippen LogP contribution in [-0.4, -0.2) is 23.5 Å². The summed E-state index contributed by atoms with van der Waals surface area (Å²) < 4.78 is 26.8. The van der Waals surface area contributed by atoms with Crippen LogP contribution < -0.4 is 10.5 Å². The lowest BCUT2D eigenvalue weighted by Gasteiger charge is -2.13. The van der Waals surface area contributed by atoms with Gasteiger partial charge in [-0.2, -0.15) is 5.10 Å². The number of aromatic amines is 1. The summed E-state index contributed by atoms with van der Waals surface area (Å²) in [5.74, 6) is 0. The van der Waals surface area contributed by atoms with Gasteiger partial charge in [-0.3, -0.25) is 15.2 Å². The van der Waals surface area contributed by atoms with Gasteiger partial charge in [0, 0.05) is 23.9 Å². The predicted molar refractivity (Wildman–Crippen MR) is 74.8 cm³/mol. The van der Waals surface area contributed by atoms with E-state index in [2.05, 4.69) is 14.9 Å². The maximum absolute atomic E-state index is 12.2. The number of aromatic nitrogens is 2. The van der Waals surface area contributed by atoms with Crippen molar-refractivity contribution in [3.8, 4) is 0 Å². The number of nitro benzene ring substituents is 1. The highest BCUT2D eigenvalue weighted by molar-refractivity contribution is 7.89. The molecular weight excluding hydrogens is 298 g/mol. The molecule has 0 saturated carbocycles. The number of anilines is 1. The molecule has 1 aromatic heterocycles. The quantitative estimate of drug-likeness (QED) is 0.426. The molecule has 21 heavy (non-hydrogen) atoms. The van der Waals surface area contributed by atoms with Crippen molar-refractivity contribution in [1.82, 2.24) is 14.9 Å². The molecule has 1 atom stereocenters. The Bertz CT molecular complexity index is 757. The van der Waals surface area contributed by atoms with Crippen molar-refractivity contribution in [2.45, 2.75) is 17.9 Å². The van der Waals surface area contributed by atoms with E-state index in [0.29, 0.717) is 5.56 Å². The minimum atomic E-state index is -3.84. The molecule has 9 nitrogen and oxygen atoms in total. The standard InChI is InChI=1S/C11H13N5O4S/c1-7(8-5-13-14-6-8)15-21(19,20)9-2-3-11(16(17)18)10(12)4-9/h2-7,15H,12H2,1H3,(H,13,14). The number of rotatable bonds is 5. The van der Waals surface area contributed by atoms with E-state index in [-0.39, 0.29) is 16.3 Å². The molecule has 0 aliphatic carbocycles. The maximum Gasteiger partial charge on any atom is 0.292 e. The van der Waals surface area contributed by atoms with E-state index in [0.717, 1.165) is 18.2 Å². The van der Waals surface area contributed by atoms with Crippen LogP contribution in [0.2, 0.25) is 0 Å². The van der Waals surface area contributed by atoms with E-state index in [1.807, 2.05) is 0 Å². The molecule has 1 unspecified atom stereocenters. The maximum atomic E-state index is 12.2. The van der Waals surface area contributed by atoms with Gasteiger partial charge in [0.1, 0.15) is 5.69 Å². The second-order valence-electron chi connectivity index (χ2n) is 4.35. The Hall–Kier alpha value is -2.46. The van der Waals surface area contributed by atoms with Crippen LogP contribution in [0.25, 0.3) is 0 Å². The average molecular weight is 311 g/mol. The van der Waals surface area contributed by atoms with Crippen LogP contribution in [0.15, 0.2) is 35.5 Å².